The normalized spacial score (nSPS) is 15.9. The van der Waals surface area contributed by atoms with Crippen molar-refractivity contribution in [1.29, 1.82) is 0 Å². The van der Waals surface area contributed by atoms with E-state index < -0.39 is 12.0 Å². The van der Waals surface area contributed by atoms with Crippen LogP contribution in [0.2, 0.25) is 5.02 Å². The van der Waals surface area contributed by atoms with E-state index in [9.17, 15) is 14.7 Å². The summed E-state index contributed by atoms with van der Waals surface area (Å²) in [4.78, 5) is 33.6. The van der Waals surface area contributed by atoms with Crippen LogP contribution in [0, 0.1) is 0 Å². The quantitative estimate of drug-likeness (QED) is 0.331. The van der Waals surface area contributed by atoms with E-state index in [0.29, 0.717) is 35.8 Å². The molecule has 1 N–H and O–H groups in total. The van der Waals surface area contributed by atoms with Gasteiger partial charge in [0.25, 0.3) is 5.91 Å². The predicted octanol–water partition coefficient (Wildman–Crippen LogP) is 7.10. The molecule has 1 aliphatic heterocycles. The standard InChI is InChI=1S/C31H40ClN3O3/c1-7-8-17-31(4,5)25-15-13-23(14-16-25)29(36)34(6)18-10-19-35-22(3)33-21(2)27(30(37)38)28(35)24-11-9-12-26(32)20-24/h9,11-16,20,28H,7-8,10,17-19H2,1-6H3,(H,37,38). The molecule has 0 spiro atoms. The highest BCUT2D eigenvalue weighted by molar-refractivity contribution is 6.30. The van der Waals surface area contributed by atoms with Crippen LogP contribution in [0.1, 0.15) is 87.8 Å². The zero-order valence-electron chi connectivity index (χ0n) is 23.4. The molecule has 7 heteroatoms. The smallest absolute Gasteiger partial charge is 0.335 e. The molecule has 0 fully saturated rings. The molecule has 6 nitrogen and oxygen atoms in total. The van der Waals surface area contributed by atoms with Crippen LogP contribution < -0.4 is 0 Å². The van der Waals surface area contributed by atoms with Gasteiger partial charge in [-0.15, -0.1) is 0 Å². The molecule has 1 unspecified atom stereocenters. The van der Waals surface area contributed by atoms with Crippen LogP contribution in [-0.4, -0.2) is 52.8 Å². The van der Waals surface area contributed by atoms with Gasteiger partial charge in [0, 0.05) is 30.7 Å². The molecular weight excluding hydrogens is 498 g/mol. The molecule has 204 valence electrons. The lowest BCUT2D eigenvalue weighted by atomic mass is 9.80. The van der Waals surface area contributed by atoms with Crippen LogP contribution in [0.4, 0.5) is 0 Å². The van der Waals surface area contributed by atoms with Crippen molar-refractivity contribution in [1.82, 2.24) is 9.80 Å². The first kappa shape index (κ1) is 29.4. The van der Waals surface area contributed by atoms with Gasteiger partial charge < -0.3 is 14.9 Å². The van der Waals surface area contributed by atoms with Crippen molar-refractivity contribution in [2.75, 3.05) is 20.1 Å². The number of hydrogen-bond acceptors (Lipinski definition) is 4. The monoisotopic (exact) mass is 537 g/mol. The molecule has 1 amide bonds. The fourth-order valence-corrected chi connectivity index (χ4v) is 5.32. The number of aliphatic carboxylic acids is 1. The van der Waals surface area contributed by atoms with Gasteiger partial charge in [0.2, 0.25) is 0 Å². The van der Waals surface area contributed by atoms with Crippen LogP contribution in [0.5, 0.6) is 0 Å². The Morgan fingerprint density at radius 1 is 1.11 bits per heavy atom. The number of allylic oxidation sites excluding steroid dienone is 1. The number of benzene rings is 2. The van der Waals surface area contributed by atoms with Crippen molar-refractivity contribution in [3.05, 3.63) is 81.5 Å². The third kappa shape index (κ3) is 6.84. The van der Waals surface area contributed by atoms with E-state index >= 15 is 0 Å². The second kappa shape index (κ2) is 12.6. The van der Waals surface area contributed by atoms with Gasteiger partial charge in [0.1, 0.15) is 5.84 Å². The summed E-state index contributed by atoms with van der Waals surface area (Å²) in [6.45, 7) is 11.4. The number of hydrogen-bond donors (Lipinski definition) is 1. The van der Waals surface area contributed by atoms with Crippen LogP contribution in [0.15, 0.2) is 64.8 Å². The summed E-state index contributed by atoms with van der Waals surface area (Å²) >= 11 is 6.25. The van der Waals surface area contributed by atoms with E-state index in [0.717, 1.165) is 17.8 Å². The maximum Gasteiger partial charge on any atom is 0.335 e. The molecular formula is C31H40ClN3O3. The first-order valence-corrected chi connectivity index (χ1v) is 13.7. The van der Waals surface area contributed by atoms with Crippen LogP contribution in [-0.2, 0) is 10.2 Å². The highest BCUT2D eigenvalue weighted by Crippen LogP contribution is 2.36. The lowest BCUT2D eigenvalue weighted by Crippen LogP contribution is -2.41. The number of aliphatic imine (C=N–C) groups is 1. The highest BCUT2D eigenvalue weighted by atomic mass is 35.5. The molecule has 0 saturated heterocycles. The molecule has 0 aromatic heterocycles. The van der Waals surface area contributed by atoms with Crippen molar-refractivity contribution in [2.45, 2.75) is 71.8 Å². The zero-order valence-corrected chi connectivity index (χ0v) is 24.2. The summed E-state index contributed by atoms with van der Waals surface area (Å²) in [5.74, 6) is -0.282. The molecule has 1 atom stereocenters. The largest absolute Gasteiger partial charge is 0.478 e. The molecule has 1 heterocycles. The van der Waals surface area contributed by atoms with E-state index in [1.165, 1.54) is 18.4 Å². The van der Waals surface area contributed by atoms with E-state index in [2.05, 4.69) is 37.9 Å². The molecule has 0 radical (unpaired) electrons. The first-order valence-electron chi connectivity index (χ1n) is 13.3. The Bertz CT molecular complexity index is 1220. The molecule has 2 aromatic rings. The number of nitrogens with zero attached hydrogens (tertiary/aromatic N) is 3. The minimum atomic E-state index is -0.998. The van der Waals surface area contributed by atoms with Gasteiger partial charge in [0.05, 0.1) is 17.3 Å². The lowest BCUT2D eigenvalue weighted by molar-refractivity contribution is -0.133. The Kier molecular flexibility index (Phi) is 9.77. The van der Waals surface area contributed by atoms with Gasteiger partial charge in [-0.2, -0.15) is 0 Å². The molecule has 0 bridgehead atoms. The van der Waals surface area contributed by atoms with Gasteiger partial charge in [-0.05, 0) is 67.5 Å². The number of halogens is 1. The topological polar surface area (TPSA) is 73.2 Å². The van der Waals surface area contributed by atoms with Gasteiger partial charge in [-0.1, -0.05) is 69.5 Å². The van der Waals surface area contributed by atoms with Gasteiger partial charge >= 0.3 is 5.97 Å². The summed E-state index contributed by atoms with van der Waals surface area (Å²) in [6.07, 6.45) is 4.12. The molecule has 2 aromatic carbocycles. The Balaban J connectivity index is 1.70. The summed E-state index contributed by atoms with van der Waals surface area (Å²) in [7, 11) is 1.81. The van der Waals surface area contributed by atoms with E-state index in [1.54, 1.807) is 31.0 Å². The number of carboxylic acids is 1. The number of carbonyl (C=O) groups is 2. The Hall–Kier alpha value is -3.12. The Morgan fingerprint density at radius 2 is 1.79 bits per heavy atom. The summed E-state index contributed by atoms with van der Waals surface area (Å²) in [5.41, 5.74) is 3.53. The highest BCUT2D eigenvalue weighted by Gasteiger charge is 2.34. The summed E-state index contributed by atoms with van der Waals surface area (Å²) in [5, 5.41) is 10.5. The Morgan fingerprint density at radius 3 is 2.39 bits per heavy atom. The second-order valence-electron chi connectivity index (χ2n) is 10.8. The number of rotatable bonds is 11. The maximum absolute atomic E-state index is 13.1. The molecule has 38 heavy (non-hydrogen) atoms. The molecule has 0 aliphatic carbocycles. The third-order valence-electron chi connectivity index (χ3n) is 7.42. The minimum absolute atomic E-state index is 0.0275. The number of amidine groups is 1. The zero-order chi connectivity index (χ0) is 28.0. The fraction of sp³-hybridized carbons (Fsp3) is 0.452. The summed E-state index contributed by atoms with van der Waals surface area (Å²) in [6, 6.07) is 14.8. The average Bonchev–Trinajstić information content (AvgIpc) is 2.87. The van der Waals surface area contributed by atoms with Crippen molar-refractivity contribution in [3.63, 3.8) is 0 Å². The molecule has 0 saturated carbocycles. The number of amides is 1. The number of unbranched alkanes of at least 4 members (excludes halogenated alkanes) is 1. The van der Waals surface area contributed by atoms with Crippen molar-refractivity contribution < 1.29 is 14.7 Å². The fourth-order valence-electron chi connectivity index (χ4n) is 5.12. The molecule has 1 aliphatic rings. The van der Waals surface area contributed by atoms with Crippen molar-refractivity contribution in [2.24, 2.45) is 4.99 Å². The predicted molar refractivity (Wildman–Crippen MR) is 155 cm³/mol. The average molecular weight is 538 g/mol. The second-order valence-corrected chi connectivity index (χ2v) is 11.2. The van der Waals surface area contributed by atoms with Crippen LogP contribution in [0.3, 0.4) is 0 Å². The lowest BCUT2D eigenvalue weighted by Gasteiger charge is -2.37. The number of carbonyl (C=O) groups excluding carboxylic acids is 1. The number of carboxylic acid groups (broad SMARTS) is 1. The SMILES string of the molecule is CCCCC(C)(C)c1ccc(C(=O)N(C)CCCN2C(C)=NC(C)=C(C(=O)O)C2c2cccc(Cl)c2)cc1. The van der Waals surface area contributed by atoms with E-state index in [1.807, 2.05) is 36.1 Å². The first-order chi connectivity index (χ1) is 18.0. The summed E-state index contributed by atoms with van der Waals surface area (Å²) < 4.78 is 0. The Labute approximate surface area is 232 Å². The van der Waals surface area contributed by atoms with Crippen LogP contribution >= 0.6 is 11.6 Å². The van der Waals surface area contributed by atoms with Gasteiger partial charge in [-0.25, -0.2) is 9.79 Å². The van der Waals surface area contributed by atoms with E-state index in [4.69, 9.17) is 11.6 Å². The van der Waals surface area contributed by atoms with Crippen molar-refractivity contribution in [3.8, 4) is 0 Å². The minimum Gasteiger partial charge on any atom is -0.478 e. The molecule has 3 rings (SSSR count). The van der Waals surface area contributed by atoms with Gasteiger partial charge in [-0.3, -0.25) is 4.79 Å². The van der Waals surface area contributed by atoms with Crippen LogP contribution in [0.25, 0.3) is 0 Å². The van der Waals surface area contributed by atoms with E-state index in [-0.39, 0.29) is 16.9 Å². The van der Waals surface area contributed by atoms with Gasteiger partial charge in [0.15, 0.2) is 0 Å². The third-order valence-corrected chi connectivity index (χ3v) is 7.66. The van der Waals surface area contributed by atoms with Crippen molar-refractivity contribution >= 4 is 29.3 Å². The maximum atomic E-state index is 13.1.